The maximum atomic E-state index is 11.1. The highest BCUT2D eigenvalue weighted by Gasteiger charge is 2.18. The van der Waals surface area contributed by atoms with Crippen molar-refractivity contribution in [3.63, 3.8) is 0 Å². The average Bonchev–Trinajstić information content (AvgIpc) is 2.10. The first-order valence-corrected chi connectivity index (χ1v) is 4.56. The van der Waals surface area contributed by atoms with Crippen LogP contribution in [0.5, 0.6) is 0 Å². The van der Waals surface area contributed by atoms with Gasteiger partial charge in [-0.3, -0.25) is 4.79 Å². The summed E-state index contributed by atoms with van der Waals surface area (Å²) in [5.74, 6) is -0.578. The molecule has 0 unspecified atom stereocenters. The molecule has 6 nitrogen and oxygen atoms in total. The van der Waals surface area contributed by atoms with Gasteiger partial charge in [0.25, 0.3) is 0 Å². The van der Waals surface area contributed by atoms with Crippen LogP contribution < -0.4 is 11.1 Å². The Bertz CT molecular complexity index is 240. The van der Waals surface area contributed by atoms with E-state index in [4.69, 9.17) is 10.5 Å². The van der Waals surface area contributed by atoms with Crippen molar-refractivity contribution in [2.75, 3.05) is 13.7 Å². The predicted molar refractivity (Wildman–Crippen MR) is 61.5 cm³/mol. The summed E-state index contributed by atoms with van der Waals surface area (Å²) in [7, 11) is 1.23. The third kappa shape index (κ3) is 8.31. The molecule has 0 aromatic carbocycles. The van der Waals surface area contributed by atoms with E-state index in [1.165, 1.54) is 7.11 Å². The second-order valence-corrected chi connectivity index (χ2v) is 4.01. The molecule has 7 heteroatoms. The second-order valence-electron chi connectivity index (χ2n) is 4.01. The van der Waals surface area contributed by atoms with Crippen molar-refractivity contribution in [2.45, 2.75) is 32.4 Å². The molecular formula is C9H19ClN2O4. The van der Waals surface area contributed by atoms with E-state index in [0.717, 1.165) is 0 Å². The summed E-state index contributed by atoms with van der Waals surface area (Å²) in [5.41, 5.74) is 4.82. The molecule has 1 amide bonds. The van der Waals surface area contributed by atoms with Gasteiger partial charge in [0.1, 0.15) is 11.6 Å². The molecule has 0 spiro atoms. The van der Waals surface area contributed by atoms with Crippen molar-refractivity contribution in [1.82, 2.24) is 5.32 Å². The average molecular weight is 255 g/mol. The number of methoxy groups -OCH3 is 1. The monoisotopic (exact) mass is 254 g/mol. The molecular weight excluding hydrogens is 236 g/mol. The van der Waals surface area contributed by atoms with E-state index < -0.39 is 23.7 Å². The van der Waals surface area contributed by atoms with Gasteiger partial charge in [0.15, 0.2) is 0 Å². The van der Waals surface area contributed by atoms with E-state index in [0.29, 0.717) is 0 Å². The minimum absolute atomic E-state index is 0. The Kier molecular flexibility index (Phi) is 7.93. The van der Waals surface area contributed by atoms with Crippen molar-refractivity contribution < 1.29 is 19.1 Å². The number of carbonyl (C=O) groups is 2. The van der Waals surface area contributed by atoms with E-state index in [9.17, 15) is 9.59 Å². The van der Waals surface area contributed by atoms with Crippen LogP contribution in [0.2, 0.25) is 0 Å². The van der Waals surface area contributed by atoms with Gasteiger partial charge in [-0.05, 0) is 20.8 Å². The highest BCUT2D eigenvalue weighted by molar-refractivity contribution is 5.85. The zero-order valence-electron chi connectivity index (χ0n) is 9.90. The van der Waals surface area contributed by atoms with Gasteiger partial charge in [-0.25, -0.2) is 4.79 Å². The molecule has 16 heavy (non-hydrogen) atoms. The van der Waals surface area contributed by atoms with Crippen LogP contribution in [0.4, 0.5) is 4.79 Å². The van der Waals surface area contributed by atoms with Crippen LogP contribution in [0.25, 0.3) is 0 Å². The Morgan fingerprint density at radius 3 is 2.25 bits per heavy atom. The van der Waals surface area contributed by atoms with Gasteiger partial charge in [0, 0.05) is 6.54 Å². The van der Waals surface area contributed by atoms with E-state index in [-0.39, 0.29) is 19.0 Å². The lowest BCUT2D eigenvalue weighted by Gasteiger charge is -2.20. The molecule has 0 bridgehead atoms. The summed E-state index contributed by atoms with van der Waals surface area (Å²) in [6.07, 6.45) is -0.609. The summed E-state index contributed by atoms with van der Waals surface area (Å²) >= 11 is 0. The third-order valence-corrected chi connectivity index (χ3v) is 1.37. The first-order valence-electron chi connectivity index (χ1n) is 4.56. The van der Waals surface area contributed by atoms with Gasteiger partial charge >= 0.3 is 12.1 Å². The van der Waals surface area contributed by atoms with Gasteiger partial charge in [-0.1, -0.05) is 0 Å². The predicted octanol–water partition coefficient (Wildman–Crippen LogP) is 0.433. The highest BCUT2D eigenvalue weighted by atomic mass is 35.5. The fourth-order valence-electron chi connectivity index (χ4n) is 0.742. The quantitative estimate of drug-likeness (QED) is 0.713. The first-order chi connectivity index (χ1) is 6.76. The Labute approximate surface area is 101 Å². The van der Waals surface area contributed by atoms with E-state index in [1.807, 2.05) is 0 Å². The molecule has 3 N–H and O–H groups in total. The number of hydrogen-bond donors (Lipinski definition) is 2. The molecule has 0 aromatic rings. The van der Waals surface area contributed by atoms with Crippen LogP contribution in [-0.4, -0.2) is 37.4 Å². The smallest absolute Gasteiger partial charge is 0.407 e. The molecule has 0 aliphatic heterocycles. The summed E-state index contributed by atoms with van der Waals surface area (Å²) in [4.78, 5) is 22.0. The normalized spacial score (nSPS) is 12.1. The minimum Gasteiger partial charge on any atom is -0.468 e. The Balaban J connectivity index is 0. The molecule has 0 saturated heterocycles. The Hall–Kier alpha value is -1.01. The fourth-order valence-corrected chi connectivity index (χ4v) is 0.742. The topological polar surface area (TPSA) is 90.6 Å². The van der Waals surface area contributed by atoms with Gasteiger partial charge < -0.3 is 20.5 Å². The van der Waals surface area contributed by atoms with Crippen LogP contribution >= 0.6 is 12.4 Å². The second kappa shape index (κ2) is 7.29. The maximum absolute atomic E-state index is 11.1. The SMILES string of the molecule is COC(=O)[C@H](N)CNC(=O)OC(C)(C)C.Cl. The highest BCUT2D eigenvalue weighted by Crippen LogP contribution is 2.06. The molecule has 1 atom stereocenters. The van der Waals surface area contributed by atoms with Crippen molar-refractivity contribution in [3.05, 3.63) is 0 Å². The van der Waals surface area contributed by atoms with Crippen molar-refractivity contribution in [3.8, 4) is 0 Å². The van der Waals surface area contributed by atoms with Gasteiger partial charge in [-0.15, -0.1) is 12.4 Å². The van der Waals surface area contributed by atoms with Crippen molar-refractivity contribution in [2.24, 2.45) is 5.73 Å². The van der Waals surface area contributed by atoms with Gasteiger partial charge in [-0.2, -0.15) is 0 Å². The number of nitrogens with one attached hydrogen (secondary N) is 1. The molecule has 0 aliphatic carbocycles. The Morgan fingerprint density at radius 1 is 1.38 bits per heavy atom. The lowest BCUT2D eigenvalue weighted by molar-refractivity contribution is -0.141. The largest absolute Gasteiger partial charge is 0.468 e. The van der Waals surface area contributed by atoms with Crippen LogP contribution in [0.15, 0.2) is 0 Å². The van der Waals surface area contributed by atoms with Gasteiger partial charge in [0.05, 0.1) is 7.11 Å². The third-order valence-electron chi connectivity index (χ3n) is 1.37. The van der Waals surface area contributed by atoms with Gasteiger partial charge in [0.2, 0.25) is 0 Å². The number of esters is 1. The minimum atomic E-state index is -0.873. The van der Waals surface area contributed by atoms with Crippen molar-refractivity contribution in [1.29, 1.82) is 0 Å². The van der Waals surface area contributed by atoms with E-state index in [1.54, 1.807) is 20.8 Å². The first kappa shape index (κ1) is 17.4. The number of alkyl carbamates (subject to hydrolysis) is 1. The van der Waals surface area contributed by atoms with Crippen LogP contribution in [-0.2, 0) is 14.3 Å². The summed E-state index contributed by atoms with van der Waals surface area (Å²) < 4.78 is 9.33. The van der Waals surface area contributed by atoms with Crippen LogP contribution in [0, 0.1) is 0 Å². The molecule has 0 aliphatic rings. The standard InChI is InChI=1S/C9H18N2O4.ClH/c1-9(2,3)15-8(13)11-5-6(10)7(12)14-4;/h6H,5,10H2,1-4H3,(H,11,13);1H/t6-;/m1./s1. The summed E-state index contributed by atoms with van der Waals surface area (Å²) in [6.45, 7) is 5.22. The van der Waals surface area contributed by atoms with Crippen LogP contribution in [0.3, 0.4) is 0 Å². The summed E-state index contributed by atoms with van der Waals surface area (Å²) in [5, 5.41) is 2.37. The molecule has 0 radical (unpaired) electrons. The molecule has 0 heterocycles. The zero-order chi connectivity index (χ0) is 12.1. The number of rotatable bonds is 3. The van der Waals surface area contributed by atoms with Crippen LogP contribution in [0.1, 0.15) is 20.8 Å². The molecule has 0 saturated carbocycles. The zero-order valence-corrected chi connectivity index (χ0v) is 10.7. The van der Waals surface area contributed by atoms with Crippen molar-refractivity contribution >= 4 is 24.5 Å². The lowest BCUT2D eigenvalue weighted by atomic mass is 10.2. The fraction of sp³-hybridized carbons (Fsp3) is 0.778. The number of amides is 1. The number of halogens is 1. The lowest BCUT2D eigenvalue weighted by Crippen LogP contribution is -2.44. The Morgan fingerprint density at radius 2 is 1.88 bits per heavy atom. The van der Waals surface area contributed by atoms with E-state index in [2.05, 4.69) is 10.1 Å². The molecule has 0 fully saturated rings. The number of ether oxygens (including phenoxy) is 2. The molecule has 0 rings (SSSR count). The number of carbonyl (C=O) groups excluding carboxylic acids is 2. The molecule has 0 aromatic heterocycles. The molecule has 96 valence electrons. The number of hydrogen-bond acceptors (Lipinski definition) is 5. The van der Waals surface area contributed by atoms with E-state index >= 15 is 0 Å². The number of nitrogens with two attached hydrogens (primary N) is 1. The summed E-state index contributed by atoms with van der Waals surface area (Å²) in [6, 6.07) is -0.873. The maximum Gasteiger partial charge on any atom is 0.407 e.